The van der Waals surface area contributed by atoms with E-state index in [0.29, 0.717) is 25.9 Å². The molecule has 2 heterocycles. The summed E-state index contributed by atoms with van der Waals surface area (Å²) in [6.07, 6.45) is 2.61. The number of nitrogens with zero attached hydrogens (tertiary/aromatic N) is 1. The average Bonchev–Trinajstić information content (AvgIpc) is 2.76. The van der Waals surface area contributed by atoms with E-state index in [-0.39, 0.29) is 17.7 Å². The molecular formula is C13H17NO4. The van der Waals surface area contributed by atoms with Crippen LogP contribution in [0.15, 0.2) is 22.8 Å². The molecule has 5 heteroatoms. The van der Waals surface area contributed by atoms with Gasteiger partial charge in [-0.3, -0.25) is 9.59 Å². The van der Waals surface area contributed by atoms with Crippen LogP contribution in [-0.4, -0.2) is 35.0 Å². The van der Waals surface area contributed by atoms with Crippen LogP contribution in [0.2, 0.25) is 0 Å². The molecule has 98 valence electrons. The van der Waals surface area contributed by atoms with Gasteiger partial charge in [-0.2, -0.15) is 0 Å². The lowest BCUT2D eigenvalue weighted by Crippen LogP contribution is -2.53. The quantitative estimate of drug-likeness (QED) is 0.858. The maximum Gasteiger partial charge on any atom is 0.306 e. The van der Waals surface area contributed by atoms with E-state index in [1.54, 1.807) is 24.2 Å². The monoisotopic (exact) mass is 251 g/mol. The minimum absolute atomic E-state index is 0.0697. The number of carbonyl (C=O) groups is 2. The molecule has 1 N–H and O–H groups in total. The van der Waals surface area contributed by atoms with Crippen LogP contribution in [0.4, 0.5) is 0 Å². The highest BCUT2D eigenvalue weighted by molar-refractivity contribution is 5.78. The van der Waals surface area contributed by atoms with Crippen molar-refractivity contribution in [2.45, 2.75) is 19.8 Å². The van der Waals surface area contributed by atoms with E-state index in [1.165, 1.54) is 0 Å². The number of furan rings is 1. The maximum absolute atomic E-state index is 11.8. The van der Waals surface area contributed by atoms with Crippen LogP contribution in [-0.2, 0) is 16.0 Å². The van der Waals surface area contributed by atoms with Gasteiger partial charge in [0.2, 0.25) is 5.91 Å². The van der Waals surface area contributed by atoms with Crippen molar-refractivity contribution in [3.8, 4) is 0 Å². The van der Waals surface area contributed by atoms with E-state index in [1.807, 2.05) is 6.07 Å². The summed E-state index contributed by atoms with van der Waals surface area (Å²) in [7, 11) is 0. The van der Waals surface area contributed by atoms with Gasteiger partial charge in [-0.05, 0) is 12.1 Å². The molecule has 1 aromatic heterocycles. The topological polar surface area (TPSA) is 70.8 Å². The van der Waals surface area contributed by atoms with Crippen LogP contribution < -0.4 is 0 Å². The van der Waals surface area contributed by atoms with Crippen molar-refractivity contribution < 1.29 is 19.1 Å². The van der Waals surface area contributed by atoms with Crippen LogP contribution in [0.3, 0.4) is 0 Å². The Bertz CT molecular complexity index is 420. The second-order valence-corrected chi connectivity index (χ2v) is 4.77. The van der Waals surface area contributed by atoms with Gasteiger partial charge in [0.05, 0.1) is 12.2 Å². The third-order valence-corrected chi connectivity index (χ3v) is 3.52. The Morgan fingerprint density at radius 1 is 1.56 bits per heavy atom. The molecule has 0 saturated carbocycles. The first-order valence-corrected chi connectivity index (χ1v) is 6.11. The van der Waals surface area contributed by atoms with Gasteiger partial charge >= 0.3 is 5.97 Å². The smallest absolute Gasteiger partial charge is 0.306 e. The molecule has 0 aliphatic carbocycles. The van der Waals surface area contributed by atoms with Gasteiger partial charge in [0, 0.05) is 31.8 Å². The fourth-order valence-electron chi connectivity index (χ4n) is 2.08. The van der Waals surface area contributed by atoms with Crippen molar-refractivity contribution in [2.75, 3.05) is 13.1 Å². The van der Waals surface area contributed by atoms with Crippen molar-refractivity contribution in [3.63, 3.8) is 0 Å². The molecule has 2 rings (SSSR count). The molecule has 18 heavy (non-hydrogen) atoms. The van der Waals surface area contributed by atoms with Gasteiger partial charge in [0.1, 0.15) is 5.76 Å². The molecule has 1 aliphatic rings. The molecule has 1 aromatic rings. The number of hydrogen-bond acceptors (Lipinski definition) is 3. The molecule has 0 aromatic carbocycles. The lowest BCUT2D eigenvalue weighted by atomic mass is 9.87. The highest BCUT2D eigenvalue weighted by atomic mass is 16.4. The maximum atomic E-state index is 11.8. The third-order valence-electron chi connectivity index (χ3n) is 3.52. The van der Waals surface area contributed by atoms with Gasteiger partial charge in [-0.25, -0.2) is 0 Å². The Balaban J connectivity index is 1.71. The van der Waals surface area contributed by atoms with Crippen LogP contribution >= 0.6 is 0 Å². The number of likely N-dealkylation sites (tertiary alicyclic amines) is 1. The van der Waals surface area contributed by atoms with Crippen LogP contribution in [0, 0.1) is 11.8 Å². The average molecular weight is 251 g/mol. The van der Waals surface area contributed by atoms with E-state index >= 15 is 0 Å². The van der Waals surface area contributed by atoms with Crippen molar-refractivity contribution in [2.24, 2.45) is 11.8 Å². The number of amides is 1. The highest BCUT2D eigenvalue weighted by Gasteiger charge is 2.36. The molecule has 0 radical (unpaired) electrons. The first kappa shape index (κ1) is 12.7. The minimum Gasteiger partial charge on any atom is -0.481 e. The van der Waals surface area contributed by atoms with E-state index in [9.17, 15) is 9.59 Å². The summed E-state index contributed by atoms with van der Waals surface area (Å²) in [6, 6.07) is 3.65. The second kappa shape index (κ2) is 5.25. The fraction of sp³-hybridized carbons (Fsp3) is 0.538. The SMILES string of the molecule is CC(C(=O)O)C1CN(C(=O)CCc2ccco2)C1. The first-order valence-electron chi connectivity index (χ1n) is 6.11. The standard InChI is InChI=1S/C13H17NO4/c1-9(13(16)17)10-7-14(8-10)12(15)5-4-11-3-2-6-18-11/h2-3,6,9-10H,4-5,7-8H2,1H3,(H,16,17). The zero-order valence-corrected chi connectivity index (χ0v) is 10.3. The molecule has 0 spiro atoms. The third kappa shape index (κ3) is 2.72. The Morgan fingerprint density at radius 3 is 2.83 bits per heavy atom. The summed E-state index contributed by atoms with van der Waals surface area (Å²) >= 11 is 0. The van der Waals surface area contributed by atoms with Gasteiger partial charge in [-0.1, -0.05) is 6.92 Å². The molecule has 1 saturated heterocycles. The lowest BCUT2D eigenvalue weighted by molar-refractivity contribution is -0.150. The zero-order chi connectivity index (χ0) is 13.1. The second-order valence-electron chi connectivity index (χ2n) is 4.77. The molecule has 1 fully saturated rings. The van der Waals surface area contributed by atoms with Gasteiger partial charge in [-0.15, -0.1) is 0 Å². The van der Waals surface area contributed by atoms with Gasteiger partial charge < -0.3 is 14.4 Å². The van der Waals surface area contributed by atoms with E-state index in [0.717, 1.165) is 5.76 Å². The van der Waals surface area contributed by atoms with Crippen molar-refractivity contribution >= 4 is 11.9 Å². The lowest BCUT2D eigenvalue weighted by Gasteiger charge is -2.41. The normalized spacial score (nSPS) is 17.3. The summed E-state index contributed by atoms with van der Waals surface area (Å²) in [4.78, 5) is 24.3. The zero-order valence-electron chi connectivity index (χ0n) is 10.3. The van der Waals surface area contributed by atoms with Gasteiger partial charge in [0.15, 0.2) is 0 Å². The first-order chi connectivity index (χ1) is 8.58. The molecule has 1 atom stereocenters. The van der Waals surface area contributed by atoms with E-state index < -0.39 is 5.97 Å². The van der Waals surface area contributed by atoms with Crippen molar-refractivity contribution in [3.05, 3.63) is 24.2 Å². The highest BCUT2D eigenvalue weighted by Crippen LogP contribution is 2.24. The predicted octanol–water partition coefficient (Wildman–Crippen LogP) is 1.39. The van der Waals surface area contributed by atoms with Crippen LogP contribution in [0.5, 0.6) is 0 Å². The van der Waals surface area contributed by atoms with Gasteiger partial charge in [0.25, 0.3) is 0 Å². The number of aryl methyl sites for hydroxylation is 1. The number of rotatable bonds is 5. The summed E-state index contributed by atoms with van der Waals surface area (Å²) in [6.45, 7) is 2.81. The van der Waals surface area contributed by atoms with Crippen LogP contribution in [0.1, 0.15) is 19.1 Å². The molecule has 1 aliphatic heterocycles. The number of aliphatic carboxylic acids is 1. The number of carboxylic acids is 1. The van der Waals surface area contributed by atoms with E-state index in [4.69, 9.17) is 9.52 Å². The largest absolute Gasteiger partial charge is 0.481 e. The molecule has 0 bridgehead atoms. The summed E-state index contributed by atoms with van der Waals surface area (Å²) < 4.78 is 5.16. The number of hydrogen-bond donors (Lipinski definition) is 1. The molecule has 1 amide bonds. The number of carbonyl (C=O) groups excluding carboxylic acids is 1. The molecular weight excluding hydrogens is 234 g/mol. The predicted molar refractivity (Wildman–Crippen MR) is 63.9 cm³/mol. The van der Waals surface area contributed by atoms with Crippen molar-refractivity contribution in [1.82, 2.24) is 4.90 Å². The van der Waals surface area contributed by atoms with Crippen molar-refractivity contribution in [1.29, 1.82) is 0 Å². The molecule has 1 unspecified atom stereocenters. The fourth-order valence-corrected chi connectivity index (χ4v) is 2.08. The minimum atomic E-state index is -0.789. The summed E-state index contributed by atoms with van der Waals surface area (Å²) in [5.41, 5.74) is 0. The van der Waals surface area contributed by atoms with Crippen LogP contribution in [0.25, 0.3) is 0 Å². The van der Waals surface area contributed by atoms with E-state index in [2.05, 4.69) is 0 Å². The number of carboxylic acid groups (broad SMARTS) is 1. The summed E-state index contributed by atoms with van der Waals surface area (Å²) in [5.74, 6) is -0.198. The Labute approximate surface area is 105 Å². The Morgan fingerprint density at radius 2 is 2.28 bits per heavy atom. The Kier molecular flexibility index (Phi) is 3.69. The molecule has 5 nitrogen and oxygen atoms in total. The summed E-state index contributed by atoms with van der Waals surface area (Å²) in [5, 5.41) is 8.85. The Hall–Kier alpha value is -1.78.